The van der Waals surface area contributed by atoms with Crippen LogP contribution in [-0.2, 0) is 4.52 Å². The first kappa shape index (κ1) is 15.7. The first-order chi connectivity index (χ1) is 12.2. The van der Waals surface area contributed by atoms with Gasteiger partial charge in [-0.1, -0.05) is 42.5 Å². The van der Waals surface area contributed by atoms with E-state index >= 15 is 0 Å². The highest BCUT2D eigenvalue weighted by molar-refractivity contribution is 7.51. The summed E-state index contributed by atoms with van der Waals surface area (Å²) in [5.41, 5.74) is 3.34. The lowest BCUT2D eigenvalue weighted by molar-refractivity contribution is 0.0735. The first-order valence-electron chi connectivity index (χ1n) is 7.93. The fraction of sp³-hybridized carbons (Fsp3) is 0.0500. The van der Waals surface area contributed by atoms with Crippen LogP contribution in [0.5, 0.6) is 5.75 Å². The SMILES string of the molecule is Cc1cccc(OP2OC(=O)c3ccccc3N2c2ccccc2)c1. The number of carbonyl (C=O) groups excluding carboxylic acids is 1. The molecule has 0 spiro atoms. The van der Waals surface area contributed by atoms with Crippen molar-refractivity contribution in [2.24, 2.45) is 0 Å². The average molecular weight is 349 g/mol. The van der Waals surface area contributed by atoms with E-state index in [4.69, 9.17) is 9.05 Å². The van der Waals surface area contributed by atoms with Crippen molar-refractivity contribution in [2.45, 2.75) is 6.92 Å². The lowest BCUT2D eigenvalue weighted by Crippen LogP contribution is -2.25. The maximum Gasteiger partial charge on any atom is 0.424 e. The number of aryl methyl sites for hydroxylation is 1. The number of nitrogens with zero attached hydrogens (tertiary/aromatic N) is 1. The second-order valence-corrected chi connectivity index (χ2v) is 6.93. The highest BCUT2D eigenvalue weighted by Crippen LogP contribution is 2.55. The monoisotopic (exact) mass is 349 g/mol. The zero-order valence-electron chi connectivity index (χ0n) is 13.6. The molecule has 1 unspecified atom stereocenters. The third-order valence-electron chi connectivity index (χ3n) is 3.85. The molecule has 25 heavy (non-hydrogen) atoms. The number of para-hydroxylation sites is 2. The second-order valence-electron chi connectivity index (χ2n) is 5.69. The Morgan fingerprint density at radius 1 is 0.920 bits per heavy atom. The molecule has 1 heterocycles. The van der Waals surface area contributed by atoms with Gasteiger partial charge in [-0.2, -0.15) is 0 Å². The number of benzene rings is 3. The Labute approximate surface area is 147 Å². The molecule has 0 fully saturated rings. The first-order valence-corrected chi connectivity index (χ1v) is 9.06. The standard InChI is InChI=1S/C20H16NO3P/c1-15-8-7-11-17(14-15)23-25-21(16-9-3-2-4-10-16)19-13-6-5-12-18(19)20(22)24-25/h2-14H,1H3. The predicted molar refractivity (Wildman–Crippen MR) is 99.2 cm³/mol. The van der Waals surface area contributed by atoms with E-state index in [1.165, 1.54) is 0 Å². The molecule has 3 aromatic carbocycles. The summed E-state index contributed by atoms with van der Waals surface area (Å²) in [6, 6.07) is 25.0. The molecule has 5 heteroatoms. The molecular formula is C20H16NO3P. The molecular weight excluding hydrogens is 333 g/mol. The van der Waals surface area contributed by atoms with Gasteiger partial charge in [0.25, 0.3) is 0 Å². The van der Waals surface area contributed by atoms with Gasteiger partial charge >= 0.3 is 14.5 Å². The Bertz CT molecular complexity index is 914. The Morgan fingerprint density at radius 3 is 2.48 bits per heavy atom. The van der Waals surface area contributed by atoms with Gasteiger partial charge in [-0.3, -0.25) is 4.67 Å². The minimum Gasteiger partial charge on any atom is -0.422 e. The van der Waals surface area contributed by atoms with Crippen LogP contribution in [0.3, 0.4) is 0 Å². The van der Waals surface area contributed by atoms with Crippen LogP contribution in [0.15, 0.2) is 78.9 Å². The van der Waals surface area contributed by atoms with Crippen LogP contribution in [0.1, 0.15) is 15.9 Å². The number of anilines is 2. The summed E-state index contributed by atoms with van der Waals surface area (Å²) in [6.07, 6.45) is 0. The van der Waals surface area contributed by atoms with Crippen molar-refractivity contribution in [3.8, 4) is 5.75 Å². The normalized spacial score (nSPS) is 16.1. The Morgan fingerprint density at radius 2 is 1.68 bits per heavy atom. The van der Waals surface area contributed by atoms with Crippen LogP contribution >= 0.6 is 8.53 Å². The third kappa shape index (κ3) is 3.09. The molecule has 0 aromatic heterocycles. The van der Waals surface area contributed by atoms with Crippen molar-refractivity contribution in [1.29, 1.82) is 0 Å². The van der Waals surface area contributed by atoms with Crippen molar-refractivity contribution >= 4 is 25.9 Å². The van der Waals surface area contributed by atoms with Gasteiger partial charge in [-0.15, -0.1) is 0 Å². The van der Waals surface area contributed by atoms with Gasteiger partial charge in [-0.05, 0) is 48.9 Å². The average Bonchev–Trinajstić information content (AvgIpc) is 2.63. The molecule has 1 aliphatic rings. The van der Waals surface area contributed by atoms with Gasteiger partial charge in [0, 0.05) is 0 Å². The van der Waals surface area contributed by atoms with E-state index in [-0.39, 0.29) is 5.97 Å². The Hall–Kier alpha value is -2.84. The van der Waals surface area contributed by atoms with Gasteiger partial charge in [0.1, 0.15) is 5.75 Å². The topological polar surface area (TPSA) is 38.8 Å². The molecule has 0 N–H and O–H groups in total. The van der Waals surface area contributed by atoms with Gasteiger partial charge in [-0.25, -0.2) is 4.79 Å². The Balaban J connectivity index is 1.78. The van der Waals surface area contributed by atoms with Crippen LogP contribution in [0.4, 0.5) is 11.4 Å². The summed E-state index contributed by atoms with van der Waals surface area (Å²) in [5.74, 6) is 0.320. The minimum absolute atomic E-state index is 0.360. The summed E-state index contributed by atoms with van der Waals surface area (Å²) in [7, 11) is -1.64. The Kier molecular flexibility index (Phi) is 4.12. The molecule has 1 aliphatic heterocycles. The second kappa shape index (κ2) is 6.58. The zero-order chi connectivity index (χ0) is 17.2. The van der Waals surface area contributed by atoms with Crippen molar-refractivity contribution in [2.75, 3.05) is 4.67 Å². The summed E-state index contributed by atoms with van der Waals surface area (Å²) in [6.45, 7) is 2.00. The molecule has 0 bridgehead atoms. The van der Waals surface area contributed by atoms with E-state index in [1.807, 2.05) is 84.4 Å². The van der Waals surface area contributed by atoms with E-state index in [0.717, 1.165) is 16.9 Å². The summed E-state index contributed by atoms with van der Waals surface area (Å²) < 4.78 is 13.7. The number of fused-ring (bicyclic) bond motifs is 1. The summed E-state index contributed by atoms with van der Waals surface area (Å²) in [4.78, 5) is 12.4. The molecule has 4 rings (SSSR count). The van der Waals surface area contributed by atoms with E-state index < -0.39 is 8.53 Å². The maximum absolute atomic E-state index is 12.4. The van der Waals surface area contributed by atoms with Crippen LogP contribution in [0, 0.1) is 6.92 Å². The van der Waals surface area contributed by atoms with E-state index in [9.17, 15) is 4.79 Å². The van der Waals surface area contributed by atoms with Crippen LogP contribution < -0.4 is 9.19 Å². The van der Waals surface area contributed by atoms with Crippen molar-refractivity contribution in [1.82, 2.24) is 0 Å². The van der Waals surface area contributed by atoms with Gasteiger partial charge in [0.2, 0.25) is 0 Å². The number of hydrogen-bond donors (Lipinski definition) is 0. The van der Waals surface area contributed by atoms with Crippen molar-refractivity contribution in [3.05, 3.63) is 90.0 Å². The van der Waals surface area contributed by atoms with Crippen molar-refractivity contribution in [3.63, 3.8) is 0 Å². The maximum atomic E-state index is 12.4. The minimum atomic E-state index is -1.64. The van der Waals surface area contributed by atoms with E-state index in [2.05, 4.69) is 0 Å². The largest absolute Gasteiger partial charge is 0.424 e. The smallest absolute Gasteiger partial charge is 0.422 e. The number of rotatable bonds is 3. The number of hydrogen-bond acceptors (Lipinski definition) is 4. The molecule has 3 aromatic rings. The van der Waals surface area contributed by atoms with Crippen LogP contribution in [0.25, 0.3) is 0 Å². The van der Waals surface area contributed by atoms with Crippen molar-refractivity contribution < 1.29 is 13.8 Å². The summed E-state index contributed by atoms with van der Waals surface area (Å²) in [5, 5.41) is 0. The van der Waals surface area contributed by atoms with Gasteiger partial charge in [0.15, 0.2) is 0 Å². The molecule has 4 nitrogen and oxygen atoms in total. The molecule has 0 saturated heterocycles. The lowest BCUT2D eigenvalue weighted by Gasteiger charge is -2.34. The lowest BCUT2D eigenvalue weighted by atomic mass is 10.1. The number of carbonyl (C=O) groups is 1. The predicted octanol–water partition coefficient (Wildman–Crippen LogP) is 5.61. The highest BCUT2D eigenvalue weighted by atomic mass is 31.2. The van der Waals surface area contributed by atoms with Crippen LogP contribution in [0.2, 0.25) is 0 Å². The van der Waals surface area contributed by atoms with Gasteiger partial charge in [0.05, 0.1) is 16.9 Å². The molecule has 0 amide bonds. The van der Waals surface area contributed by atoms with Crippen LogP contribution in [-0.4, -0.2) is 5.97 Å². The zero-order valence-corrected chi connectivity index (χ0v) is 14.5. The van der Waals surface area contributed by atoms with E-state index in [0.29, 0.717) is 11.3 Å². The molecule has 0 radical (unpaired) electrons. The quantitative estimate of drug-likeness (QED) is 0.576. The van der Waals surface area contributed by atoms with Gasteiger partial charge < -0.3 is 9.05 Å². The molecule has 0 aliphatic carbocycles. The fourth-order valence-corrected chi connectivity index (χ4v) is 4.11. The fourth-order valence-electron chi connectivity index (χ4n) is 2.70. The third-order valence-corrected chi connectivity index (χ3v) is 5.31. The highest BCUT2D eigenvalue weighted by Gasteiger charge is 2.37. The molecule has 1 atom stereocenters. The molecule has 0 saturated carbocycles. The molecule has 124 valence electrons. The van der Waals surface area contributed by atoms with E-state index in [1.54, 1.807) is 6.07 Å². The summed E-state index contributed by atoms with van der Waals surface area (Å²) >= 11 is 0.